The molecule has 0 bridgehead atoms. The summed E-state index contributed by atoms with van der Waals surface area (Å²) in [5, 5.41) is 0. The molecule has 1 amide bonds. The van der Waals surface area contributed by atoms with Crippen molar-refractivity contribution in [2.24, 2.45) is 0 Å². The summed E-state index contributed by atoms with van der Waals surface area (Å²) in [7, 11) is 3.62. The molecular formula is C22H28N2O3. The predicted molar refractivity (Wildman–Crippen MR) is 108 cm³/mol. The van der Waals surface area contributed by atoms with Gasteiger partial charge >= 0.3 is 0 Å². The van der Waals surface area contributed by atoms with Crippen molar-refractivity contribution in [2.45, 2.75) is 32.9 Å². The Morgan fingerprint density at radius 3 is 2.74 bits per heavy atom. The van der Waals surface area contributed by atoms with Crippen molar-refractivity contribution >= 4 is 11.6 Å². The van der Waals surface area contributed by atoms with Crippen molar-refractivity contribution in [3.8, 4) is 11.5 Å². The number of methoxy groups -OCH3 is 1. The van der Waals surface area contributed by atoms with Crippen LogP contribution in [0, 0.1) is 0 Å². The lowest BCUT2D eigenvalue weighted by molar-refractivity contribution is -0.122. The van der Waals surface area contributed by atoms with Gasteiger partial charge in [-0.2, -0.15) is 0 Å². The maximum Gasteiger partial charge on any atom is 0.244 e. The maximum atomic E-state index is 13.0. The van der Waals surface area contributed by atoms with Gasteiger partial charge in [0.1, 0.15) is 0 Å². The first kappa shape index (κ1) is 19.2. The smallest absolute Gasteiger partial charge is 0.244 e. The zero-order valence-corrected chi connectivity index (χ0v) is 16.6. The van der Waals surface area contributed by atoms with Crippen LogP contribution < -0.4 is 14.4 Å². The van der Waals surface area contributed by atoms with E-state index >= 15 is 0 Å². The second kappa shape index (κ2) is 8.44. The molecule has 0 aromatic heterocycles. The van der Waals surface area contributed by atoms with Crippen LogP contribution in [-0.4, -0.2) is 44.2 Å². The molecule has 0 aliphatic carbocycles. The largest absolute Gasteiger partial charge is 0.493 e. The van der Waals surface area contributed by atoms with E-state index in [4.69, 9.17) is 9.47 Å². The number of carbonyl (C=O) groups excluding carboxylic acids is 1. The molecule has 5 heteroatoms. The molecule has 0 spiro atoms. The van der Waals surface area contributed by atoms with Gasteiger partial charge in [0, 0.05) is 18.8 Å². The highest BCUT2D eigenvalue weighted by molar-refractivity contribution is 5.98. The topological polar surface area (TPSA) is 42.0 Å². The highest BCUT2D eigenvalue weighted by Crippen LogP contribution is 2.30. The minimum Gasteiger partial charge on any atom is -0.493 e. The quantitative estimate of drug-likeness (QED) is 0.750. The van der Waals surface area contributed by atoms with Crippen LogP contribution in [0.25, 0.3) is 0 Å². The average Bonchev–Trinajstić information content (AvgIpc) is 3.12. The zero-order valence-electron chi connectivity index (χ0n) is 16.6. The second-order valence-corrected chi connectivity index (χ2v) is 6.88. The van der Waals surface area contributed by atoms with Crippen LogP contribution in [0.5, 0.6) is 11.5 Å². The first-order valence-electron chi connectivity index (χ1n) is 9.44. The van der Waals surface area contributed by atoms with Gasteiger partial charge in [0.2, 0.25) is 5.91 Å². The number of hydrogen-bond acceptors (Lipinski definition) is 4. The zero-order chi connectivity index (χ0) is 19.4. The molecule has 2 aromatic carbocycles. The predicted octanol–water partition coefficient (Wildman–Crippen LogP) is 3.50. The summed E-state index contributed by atoms with van der Waals surface area (Å²) in [6, 6.07) is 13.9. The highest BCUT2D eigenvalue weighted by Gasteiger charge is 2.29. The molecule has 0 fully saturated rings. The van der Waals surface area contributed by atoms with Crippen molar-refractivity contribution in [3.05, 3.63) is 53.6 Å². The minimum atomic E-state index is -0.214. The van der Waals surface area contributed by atoms with Crippen LogP contribution in [-0.2, 0) is 17.8 Å². The van der Waals surface area contributed by atoms with E-state index in [1.165, 1.54) is 5.56 Å². The van der Waals surface area contributed by atoms with E-state index in [2.05, 4.69) is 11.0 Å². The summed E-state index contributed by atoms with van der Waals surface area (Å²) in [6.45, 7) is 5.93. The molecule has 0 radical (unpaired) electrons. The molecule has 1 heterocycles. The number of ether oxygens (including phenoxy) is 2. The number of carbonyl (C=O) groups is 1. The summed E-state index contributed by atoms with van der Waals surface area (Å²) in [6.07, 6.45) is 0.925. The SMILES string of the molecule is CCOc1ccc(CN(C)C(C)C(=O)N2CCc3ccccc32)cc1OC. The van der Waals surface area contributed by atoms with E-state index in [0.717, 1.165) is 35.7 Å². The maximum absolute atomic E-state index is 13.0. The third-order valence-corrected chi connectivity index (χ3v) is 5.13. The minimum absolute atomic E-state index is 0.139. The molecule has 1 aliphatic rings. The molecule has 27 heavy (non-hydrogen) atoms. The molecule has 1 atom stereocenters. The summed E-state index contributed by atoms with van der Waals surface area (Å²) >= 11 is 0. The van der Waals surface area contributed by atoms with Crippen molar-refractivity contribution in [1.82, 2.24) is 4.90 Å². The van der Waals surface area contributed by atoms with Gasteiger partial charge in [-0.1, -0.05) is 24.3 Å². The van der Waals surface area contributed by atoms with E-state index in [1.54, 1.807) is 7.11 Å². The fourth-order valence-corrected chi connectivity index (χ4v) is 3.49. The Labute approximate surface area is 161 Å². The summed E-state index contributed by atoms with van der Waals surface area (Å²) in [4.78, 5) is 17.0. The molecule has 1 unspecified atom stereocenters. The highest BCUT2D eigenvalue weighted by atomic mass is 16.5. The Morgan fingerprint density at radius 1 is 1.22 bits per heavy atom. The van der Waals surface area contributed by atoms with Crippen molar-refractivity contribution in [3.63, 3.8) is 0 Å². The third-order valence-electron chi connectivity index (χ3n) is 5.13. The first-order valence-corrected chi connectivity index (χ1v) is 9.44. The van der Waals surface area contributed by atoms with Gasteiger partial charge in [0.15, 0.2) is 11.5 Å². The number of rotatable bonds is 7. The van der Waals surface area contributed by atoms with Gasteiger partial charge in [0.05, 0.1) is 19.8 Å². The van der Waals surface area contributed by atoms with Gasteiger partial charge < -0.3 is 14.4 Å². The van der Waals surface area contributed by atoms with Crippen molar-refractivity contribution in [1.29, 1.82) is 0 Å². The Bertz CT molecular complexity index is 806. The third kappa shape index (κ3) is 4.08. The van der Waals surface area contributed by atoms with Gasteiger partial charge in [0.25, 0.3) is 0 Å². The van der Waals surface area contributed by atoms with E-state index in [9.17, 15) is 4.79 Å². The van der Waals surface area contributed by atoms with Crippen LogP contribution in [0.4, 0.5) is 5.69 Å². The lowest BCUT2D eigenvalue weighted by Crippen LogP contribution is -2.45. The van der Waals surface area contributed by atoms with Crippen LogP contribution in [0.1, 0.15) is 25.0 Å². The lowest BCUT2D eigenvalue weighted by atomic mass is 10.1. The number of para-hydroxylation sites is 1. The average molecular weight is 368 g/mol. The monoisotopic (exact) mass is 368 g/mol. The molecular weight excluding hydrogens is 340 g/mol. The van der Waals surface area contributed by atoms with Gasteiger partial charge in [-0.25, -0.2) is 0 Å². The fraction of sp³-hybridized carbons (Fsp3) is 0.409. The van der Waals surface area contributed by atoms with E-state index in [0.29, 0.717) is 13.2 Å². The van der Waals surface area contributed by atoms with E-state index < -0.39 is 0 Å². The number of hydrogen-bond donors (Lipinski definition) is 0. The van der Waals surface area contributed by atoms with Gasteiger partial charge in [-0.15, -0.1) is 0 Å². The molecule has 0 saturated heterocycles. The summed E-state index contributed by atoms with van der Waals surface area (Å²) in [5.74, 6) is 1.60. The number of amides is 1. The Morgan fingerprint density at radius 2 is 2.00 bits per heavy atom. The molecule has 5 nitrogen and oxygen atoms in total. The fourth-order valence-electron chi connectivity index (χ4n) is 3.49. The molecule has 2 aromatic rings. The summed E-state index contributed by atoms with van der Waals surface area (Å²) < 4.78 is 11.0. The van der Waals surface area contributed by atoms with E-state index in [1.807, 2.05) is 62.2 Å². The number of likely N-dealkylation sites (N-methyl/N-ethyl adjacent to an activating group) is 1. The Hall–Kier alpha value is -2.53. The van der Waals surface area contributed by atoms with Crippen molar-refractivity contribution < 1.29 is 14.3 Å². The Kier molecular flexibility index (Phi) is 6.01. The van der Waals surface area contributed by atoms with Crippen LogP contribution in [0.2, 0.25) is 0 Å². The number of benzene rings is 2. The standard InChI is InChI=1S/C22H28N2O3/c1-5-27-20-11-10-17(14-21(20)26-4)15-23(3)16(2)22(25)24-13-12-18-8-6-7-9-19(18)24/h6-11,14,16H,5,12-13,15H2,1-4H3. The number of anilines is 1. The molecule has 144 valence electrons. The molecule has 1 aliphatic heterocycles. The number of fused-ring (bicyclic) bond motifs is 1. The second-order valence-electron chi connectivity index (χ2n) is 6.88. The first-order chi connectivity index (χ1) is 13.0. The molecule has 0 saturated carbocycles. The normalized spacial score (nSPS) is 14.2. The van der Waals surface area contributed by atoms with Crippen LogP contribution in [0.3, 0.4) is 0 Å². The lowest BCUT2D eigenvalue weighted by Gasteiger charge is -2.28. The Balaban J connectivity index is 1.69. The summed E-state index contributed by atoms with van der Waals surface area (Å²) in [5.41, 5.74) is 3.38. The molecule has 3 rings (SSSR count). The van der Waals surface area contributed by atoms with Crippen LogP contribution in [0.15, 0.2) is 42.5 Å². The van der Waals surface area contributed by atoms with Gasteiger partial charge in [-0.3, -0.25) is 9.69 Å². The van der Waals surface area contributed by atoms with Crippen LogP contribution >= 0.6 is 0 Å². The van der Waals surface area contributed by atoms with Gasteiger partial charge in [-0.05, 0) is 56.6 Å². The van der Waals surface area contributed by atoms with E-state index in [-0.39, 0.29) is 11.9 Å². The molecule has 0 N–H and O–H groups in total. The van der Waals surface area contributed by atoms with Crippen molar-refractivity contribution in [2.75, 3.05) is 32.2 Å². The number of nitrogens with zero attached hydrogens (tertiary/aromatic N) is 2.